The minimum absolute atomic E-state index is 0.0385. The van der Waals surface area contributed by atoms with E-state index in [1.165, 1.54) is 11.3 Å². The van der Waals surface area contributed by atoms with Gasteiger partial charge in [0.25, 0.3) is 5.91 Å². The van der Waals surface area contributed by atoms with Crippen LogP contribution in [-0.4, -0.2) is 16.8 Å². The molecule has 3 aromatic rings. The molecule has 0 saturated carbocycles. The first-order chi connectivity index (χ1) is 13.0. The maximum atomic E-state index is 12.9. The van der Waals surface area contributed by atoms with Crippen LogP contribution in [0.1, 0.15) is 44.3 Å². The van der Waals surface area contributed by atoms with Gasteiger partial charge < -0.3 is 10.6 Å². The molecule has 2 aromatic heterocycles. The van der Waals surface area contributed by atoms with E-state index in [1.54, 1.807) is 12.4 Å². The van der Waals surface area contributed by atoms with Gasteiger partial charge in [-0.2, -0.15) is 0 Å². The zero-order valence-corrected chi connectivity index (χ0v) is 15.9. The Hall–Kier alpha value is -2.99. The fourth-order valence-electron chi connectivity index (χ4n) is 3.48. The average molecular weight is 377 g/mol. The third-order valence-electron chi connectivity index (χ3n) is 4.87. The van der Waals surface area contributed by atoms with E-state index in [2.05, 4.69) is 15.6 Å². The Morgan fingerprint density at radius 1 is 1.22 bits per heavy atom. The van der Waals surface area contributed by atoms with Crippen LogP contribution in [0.25, 0.3) is 0 Å². The fourth-order valence-corrected chi connectivity index (χ4v) is 4.66. The number of rotatable bonds is 3. The number of pyridine rings is 1. The third-order valence-corrected chi connectivity index (χ3v) is 6.09. The number of anilines is 2. The lowest BCUT2D eigenvalue weighted by molar-refractivity contribution is -0.116. The van der Waals surface area contributed by atoms with Gasteiger partial charge in [-0.3, -0.25) is 14.6 Å². The number of amides is 2. The van der Waals surface area contributed by atoms with Gasteiger partial charge in [-0.25, -0.2) is 0 Å². The van der Waals surface area contributed by atoms with E-state index < -0.39 is 0 Å². The van der Waals surface area contributed by atoms with Gasteiger partial charge in [-0.1, -0.05) is 24.3 Å². The minimum Gasteiger partial charge on any atom is -0.321 e. The lowest BCUT2D eigenvalue weighted by Gasteiger charge is -2.23. The molecule has 136 valence electrons. The molecule has 27 heavy (non-hydrogen) atoms. The summed E-state index contributed by atoms with van der Waals surface area (Å²) in [7, 11) is 0. The van der Waals surface area contributed by atoms with Crippen LogP contribution >= 0.6 is 11.3 Å². The molecule has 0 aliphatic carbocycles. The Kier molecular flexibility index (Phi) is 4.49. The second-order valence-electron chi connectivity index (χ2n) is 6.66. The molecular weight excluding hydrogens is 358 g/mol. The Morgan fingerprint density at radius 2 is 2.04 bits per heavy atom. The first kappa shape index (κ1) is 17.4. The van der Waals surface area contributed by atoms with Crippen molar-refractivity contribution in [3.05, 3.63) is 75.9 Å². The monoisotopic (exact) mass is 377 g/mol. The molecule has 2 amide bonds. The number of aryl methyl sites for hydroxylation is 1. The Balaban J connectivity index is 1.72. The van der Waals surface area contributed by atoms with Gasteiger partial charge in [0.1, 0.15) is 0 Å². The van der Waals surface area contributed by atoms with E-state index in [-0.39, 0.29) is 17.7 Å². The molecule has 0 saturated heterocycles. The van der Waals surface area contributed by atoms with Gasteiger partial charge in [0, 0.05) is 30.4 Å². The van der Waals surface area contributed by atoms with E-state index in [0.29, 0.717) is 11.3 Å². The van der Waals surface area contributed by atoms with Gasteiger partial charge in [-0.15, -0.1) is 11.3 Å². The van der Waals surface area contributed by atoms with E-state index in [4.69, 9.17) is 0 Å². The number of carbonyl (C=O) groups is 2. The van der Waals surface area contributed by atoms with Crippen molar-refractivity contribution in [3.8, 4) is 0 Å². The third kappa shape index (κ3) is 3.24. The van der Waals surface area contributed by atoms with Crippen LogP contribution in [0.15, 0.2) is 48.8 Å². The summed E-state index contributed by atoms with van der Waals surface area (Å²) in [5.41, 5.74) is 4.71. The van der Waals surface area contributed by atoms with Crippen molar-refractivity contribution in [2.24, 2.45) is 0 Å². The normalized spacial score (nSPS) is 15.8. The van der Waals surface area contributed by atoms with Crippen molar-refractivity contribution < 1.29 is 9.59 Å². The summed E-state index contributed by atoms with van der Waals surface area (Å²) in [6.45, 7) is 3.91. The molecular formula is C21H19N3O2S. The zero-order valence-electron chi connectivity index (χ0n) is 15.1. The molecule has 5 nitrogen and oxygen atoms in total. The highest BCUT2D eigenvalue weighted by Crippen LogP contribution is 2.45. The van der Waals surface area contributed by atoms with Gasteiger partial charge in [0.15, 0.2) is 0 Å². The Bertz CT molecular complexity index is 1030. The van der Waals surface area contributed by atoms with Gasteiger partial charge in [0.05, 0.1) is 9.88 Å². The molecule has 1 aromatic carbocycles. The average Bonchev–Trinajstić information content (AvgIpc) is 3.00. The first-order valence-corrected chi connectivity index (χ1v) is 9.56. The van der Waals surface area contributed by atoms with Gasteiger partial charge in [-0.05, 0) is 48.2 Å². The molecule has 3 heterocycles. The highest BCUT2D eigenvalue weighted by atomic mass is 32.1. The summed E-state index contributed by atoms with van der Waals surface area (Å²) in [4.78, 5) is 29.9. The molecule has 6 heteroatoms. The highest BCUT2D eigenvalue weighted by molar-refractivity contribution is 7.18. The van der Waals surface area contributed by atoms with E-state index in [9.17, 15) is 9.59 Å². The number of hydrogen-bond donors (Lipinski definition) is 2. The van der Waals surface area contributed by atoms with Crippen LogP contribution in [0.2, 0.25) is 0 Å². The number of nitrogens with zero attached hydrogens (tertiary/aromatic N) is 1. The number of carbonyl (C=O) groups excluding carboxylic acids is 2. The van der Waals surface area contributed by atoms with Crippen LogP contribution in [0.5, 0.6) is 0 Å². The second kappa shape index (κ2) is 6.96. The van der Waals surface area contributed by atoms with E-state index in [1.807, 2.05) is 50.2 Å². The van der Waals surface area contributed by atoms with Crippen molar-refractivity contribution in [1.29, 1.82) is 0 Å². The fraction of sp³-hybridized carbons (Fsp3) is 0.190. The predicted molar refractivity (Wildman–Crippen MR) is 108 cm³/mol. The molecule has 1 atom stereocenters. The van der Waals surface area contributed by atoms with Crippen molar-refractivity contribution in [2.45, 2.75) is 26.2 Å². The van der Waals surface area contributed by atoms with Gasteiger partial charge in [0.2, 0.25) is 5.91 Å². The zero-order chi connectivity index (χ0) is 19.0. The van der Waals surface area contributed by atoms with E-state index in [0.717, 1.165) is 32.9 Å². The molecule has 0 fully saturated rings. The topological polar surface area (TPSA) is 71.1 Å². The maximum Gasteiger partial charge on any atom is 0.266 e. The van der Waals surface area contributed by atoms with Crippen molar-refractivity contribution >= 4 is 33.8 Å². The summed E-state index contributed by atoms with van der Waals surface area (Å²) in [5.74, 6) is -0.275. The predicted octanol–water partition coefficient (Wildman–Crippen LogP) is 4.49. The molecule has 4 rings (SSSR count). The largest absolute Gasteiger partial charge is 0.321 e. The molecule has 0 spiro atoms. The summed E-state index contributed by atoms with van der Waals surface area (Å²) in [5, 5.41) is 6.68. The van der Waals surface area contributed by atoms with Gasteiger partial charge >= 0.3 is 0 Å². The van der Waals surface area contributed by atoms with E-state index >= 15 is 0 Å². The Morgan fingerprint density at radius 3 is 2.78 bits per heavy atom. The van der Waals surface area contributed by atoms with Crippen LogP contribution < -0.4 is 10.6 Å². The molecule has 0 radical (unpaired) electrons. The maximum absolute atomic E-state index is 12.9. The van der Waals surface area contributed by atoms with Crippen molar-refractivity contribution in [2.75, 3.05) is 10.6 Å². The van der Waals surface area contributed by atoms with Crippen molar-refractivity contribution in [1.82, 2.24) is 4.98 Å². The number of para-hydroxylation sites is 1. The van der Waals surface area contributed by atoms with Crippen LogP contribution in [0, 0.1) is 13.8 Å². The molecule has 1 aliphatic rings. The molecule has 0 unspecified atom stereocenters. The summed E-state index contributed by atoms with van der Waals surface area (Å²) in [6.07, 6.45) is 3.86. The first-order valence-electron chi connectivity index (χ1n) is 8.74. The number of benzene rings is 1. The smallest absolute Gasteiger partial charge is 0.266 e. The second-order valence-corrected chi connectivity index (χ2v) is 7.68. The highest BCUT2D eigenvalue weighted by Gasteiger charge is 2.33. The van der Waals surface area contributed by atoms with Crippen LogP contribution in [0.4, 0.5) is 10.7 Å². The molecule has 2 N–H and O–H groups in total. The quantitative estimate of drug-likeness (QED) is 0.707. The standard InChI is InChI=1S/C21H19N3O2S/c1-12-6-3-4-8-16(12)23-20(26)19-13(2)18-15(14-7-5-9-22-11-14)10-17(25)24-21(18)27-19/h3-9,11,15H,10H2,1-2H3,(H,23,26)(H,24,25)/t15-/m1/s1. The SMILES string of the molecule is Cc1ccccc1NC(=O)c1sc2c(c1C)[C@@H](c1cccnc1)CC(=O)N2. The number of thiophene rings is 1. The lowest BCUT2D eigenvalue weighted by Crippen LogP contribution is -2.22. The van der Waals surface area contributed by atoms with Crippen LogP contribution in [-0.2, 0) is 4.79 Å². The number of nitrogens with one attached hydrogen (secondary N) is 2. The van der Waals surface area contributed by atoms with Crippen LogP contribution in [0.3, 0.4) is 0 Å². The number of fused-ring (bicyclic) bond motifs is 1. The molecule has 1 aliphatic heterocycles. The number of hydrogen-bond acceptors (Lipinski definition) is 4. The Labute approximate surface area is 161 Å². The minimum atomic E-state index is -0.152. The molecule has 0 bridgehead atoms. The lowest BCUT2D eigenvalue weighted by atomic mass is 9.85. The summed E-state index contributed by atoms with van der Waals surface area (Å²) < 4.78 is 0. The number of aromatic nitrogens is 1. The van der Waals surface area contributed by atoms with Crippen molar-refractivity contribution in [3.63, 3.8) is 0 Å². The summed E-state index contributed by atoms with van der Waals surface area (Å²) in [6, 6.07) is 11.5. The summed E-state index contributed by atoms with van der Waals surface area (Å²) >= 11 is 1.33.